The van der Waals surface area contributed by atoms with Crippen LogP contribution in [0.15, 0.2) is 48.8 Å². The van der Waals surface area contributed by atoms with E-state index in [4.69, 9.17) is 0 Å². The van der Waals surface area contributed by atoms with Crippen LogP contribution < -0.4 is 4.72 Å². The molecule has 2 heterocycles. The van der Waals surface area contributed by atoms with Crippen molar-refractivity contribution in [3.05, 3.63) is 54.4 Å². The number of benzene rings is 1. The summed E-state index contributed by atoms with van der Waals surface area (Å²) in [5.41, 5.74) is 4.43. The van der Waals surface area contributed by atoms with Crippen molar-refractivity contribution >= 4 is 22.3 Å². The number of nitrogens with zero attached hydrogens (tertiary/aromatic N) is 2. The van der Waals surface area contributed by atoms with Crippen LogP contribution in [0.3, 0.4) is 0 Å². The molecule has 0 spiro atoms. The molecule has 0 saturated heterocycles. The van der Waals surface area contributed by atoms with E-state index in [9.17, 15) is 4.55 Å². The molecule has 3 rings (SSSR count). The highest BCUT2D eigenvalue weighted by atomic mass is 32.2. The first-order valence-electron chi connectivity index (χ1n) is 7.69. The van der Waals surface area contributed by atoms with Crippen LogP contribution in [0.25, 0.3) is 22.2 Å². The molecule has 2 aromatic heterocycles. The van der Waals surface area contributed by atoms with E-state index in [0.29, 0.717) is 6.54 Å². The Morgan fingerprint density at radius 2 is 2.00 bits per heavy atom. The molecule has 23 heavy (non-hydrogen) atoms. The summed E-state index contributed by atoms with van der Waals surface area (Å²) in [5, 5.41) is 1.32. The van der Waals surface area contributed by atoms with Gasteiger partial charge in [-0.2, -0.15) is 0 Å². The lowest BCUT2D eigenvalue weighted by Gasteiger charge is -2.14. The number of para-hydroxylation sites is 1. The van der Waals surface area contributed by atoms with E-state index < -0.39 is 11.4 Å². The summed E-state index contributed by atoms with van der Waals surface area (Å²) in [6, 6.07) is 12.6. The summed E-state index contributed by atoms with van der Waals surface area (Å²) in [7, 11) is 2.07. The van der Waals surface area contributed by atoms with E-state index in [1.165, 1.54) is 10.9 Å². The van der Waals surface area contributed by atoms with Gasteiger partial charge in [0.15, 0.2) is 0 Å². The molecule has 120 valence electrons. The largest absolute Gasteiger partial charge is 0.598 e. The van der Waals surface area contributed by atoms with Crippen LogP contribution in [0.4, 0.5) is 0 Å². The Balaban J connectivity index is 1.88. The second kappa shape index (κ2) is 6.74. The van der Waals surface area contributed by atoms with Gasteiger partial charge in [0.2, 0.25) is 0 Å². The molecule has 0 bridgehead atoms. The average Bonchev–Trinajstić information content (AvgIpc) is 2.90. The lowest BCUT2D eigenvalue weighted by atomic mass is 10.1. The fraction of sp³-hybridized carbons (Fsp3) is 0.278. The summed E-state index contributed by atoms with van der Waals surface area (Å²) in [6.45, 7) is 4.43. The molecule has 0 aliphatic rings. The Kier molecular flexibility index (Phi) is 4.71. The Morgan fingerprint density at radius 1 is 1.22 bits per heavy atom. The zero-order valence-corrected chi connectivity index (χ0v) is 14.4. The highest BCUT2D eigenvalue weighted by Crippen LogP contribution is 2.27. The van der Waals surface area contributed by atoms with Crippen LogP contribution in [-0.4, -0.2) is 19.4 Å². The Hall–Kier alpha value is -1.82. The zero-order valence-electron chi connectivity index (χ0n) is 13.6. The van der Waals surface area contributed by atoms with Gasteiger partial charge in [-0.1, -0.05) is 18.2 Å². The van der Waals surface area contributed by atoms with Crippen molar-refractivity contribution in [1.29, 1.82) is 0 Å². The van der Waals surface area contributed by atoms with Crippen LogP contribution in [0, 0.1) is 0 Å². The maximum absolute atomic E-state index is 11.8. The molecule has 0 saturated carbocycles. The standard InChI is InChI=1S/C18H21N3OS/c1-13(2)23(22)20-11-14-8-16(12-19-10-14)18-9-15-6-4-5-7-17(15)21(18)3/h4-10,12-13,20H,11H2,1-3H3. The van der Waals surface area contributed by atoms with Crippen molar-refractivity contribution in [1.82, 2.24) is 14.3 Å². The molecular weight excluding hydrogens is 306 g/mol. The number of hydrogen-bond acceptors (Lipinski definition) is 3. The quantitative estimate of drug-likeness (QED) is 0.731. The maximum atomic E-state index is 11.8. The van der Waals surface area contributed by atoms with E-state index in [0.717, 1.165) is 16.8 Å². The van der Waals surface area contributed by atoms with Gasteiger partial charge in [0, 0.05) is 47.3 Å². The molecule has 1 atom stereocenters. The predicted octanol–water partition coefficient (Wildman–Crippen LogP) is 3.40. The minimum Gasteiger partial charge on any atom is -0.598 e. The summed E-state index contributed by atoms with van der Waals surface area (Å²) in [6.07, 6.45) is 3.69. The predicted molar refractivity (Wildman–Crippen MR) is 96.3 cm³/mol. The van der Waals surface area contributed by atoms with Gasteiger partial charge >= 0.3 is 0 Å². The smallest absolute Gasteiger partial charge is 0.129 e. The van der Waals surface area contributed by atoms with Gasteiger partial charge in [-0.25, -0.2) is 0 Å². The highest BCUT2D eigenvalue weighted by molar-refractivity contribution is 7.90. The van der Waals surface area contributed by atoms with Crippen LogP contribution in [-0.2, 0) is 25.0 Å². The number of pyridine rings is 1. The van der Waals surface area contributed by atoms with Crippen molar-refractivity contribution in [3.63, 3.8) is 0 Å². The van der Waals surface area contributed by atoms with Crippen molar-refractivity contribution in [2.45, 2.75) is 25.6 Å². The molecule has 3 aromatic rings. The zero-order chi connectivity index (χ0) is 16.4. The Morgan fingerprint density at radius 3 is 2.74 bits per heavy atom. The number of aryl methyl sites for hydroxylation is 1. The molecule has 4 nitrogen and oxygen atoms in total. The highest BCUT2D eigenvalue weighted by Gasteiger charge is 2.12. The van der Waals surface area contributed by atoms with Gasteiger partial charge in [-0.15, -0.1) is 4.72 Å². The van der Waals surface area contributed by atoms with Crippen LogP contribution in [0.5, 0.6) is 0 Å². The Bertz CT molecular complexity index is 813. The summed E-state index contributed by atoms with van der Waals surface area (Å²) in [5.74, 6) is 0. The van der Waals surface area contributed by atoms with E-state index in [1.807, 2.05) is 38.4 Å². The van der Waals surface area contributed by atoms with Gasteiger partial charge < -0.3 is 9.12 Å². The summed E-state index contributed by atoms with van der Waals surface area (Å²) in [4.78, 5) is 4.34. The maximum Gasteiger partial charge on any atom is 0.129 e. The number of nitrogens with one attached hydrogen (secondary N) is 1. The third-order valence-corrected chi connectivity index (χ3v) is 5.17. The number of aromatic nitrogens is 2. The minimum atomic E-state index is -1.02. The molecule has 0 fully saturated rings. The molecule has 0 amide bonds. The van der Waals surface area contributed by atoms with Gasteiger partial charge in [0.05, 0.1) is 12.2 Å². The molecular formula is C18H21N3OS. The first-order valence-corrected chi connectivity index (χ1v) is 8.90. The number of hydrogen-bond donors (Lipinski definition) is 1. The van der Waals surface area contributed by atoms with Crippen LogP contribution >= 0.6 is 0 Å². The van der Waals surface area contributed by atoms with Crippen LogP contribution in [0.2, 0.25) is 0 Å². The van der Waals surface area contributed by atoms with Crippen molar-refractivity contribution in [2.75, 3.05) is 0 Å². The first kappa shape index (κ1) is 16.1. The summed E-state index contributed by atoms with van der Waals surface area (Å²) >= 11 is -1.02. The monoisotopic (exact) mass is 327 g/mol. The molecule has 0 aliphatic heterocycles. The van der Waals surface area contributed by atoms with Crippen molar-refractivity contribution < 1.29 is 4.55 Å². The third-order valence-electron chi connectivity index (χ3n) is 3.89. The second-order valence-electron chi connectivity index (χ2n) is 5.90. The van der Waals surface area contributed by atoms with Crippen molar-refractivity contribution in [2.24, 2.45) is 7.05 Å². The fourth-order valence-electron chi connectivity index (χ4n) is 2.61. The molecule has 1 aromatic carbocycles. The molecule has 0 radical (unpaired) electrons. The van der Waals surface area contributed by atoms with E-state index >= 15 is 0 Å². The number of rotatable bonds is 5. The molecule has 1 N–H and O–H groups in total. The van der Waals surface area contributed by atoms with E-state index in [2.05, 4.69) is 45.6 Å². The second-order valence-corrected chi connectivity index (χ2v) is 7.72. The average molecular weight is 327 g/mol. The van der Waals surface area contributed by atoms with Gasteiger partial charge in [0.25, 0.3) is 0 Å². The van der Waals surface area contributed by atoms with Gasteiger partial charge in [-0.05, 0) is 37.6 Å². The SMILES string of the molecule is CC(C)[S+]([O-])NCc1cncc(-c2cc3ccccc3n2C)c1. The van der Waals surface area contributed by atoms with Gasteiger partial charge in [-0.3, -0.25) is 4.98 Å². The lowest BCUT2D eigenvalue weighted by molar-refractivity contribution is 0.571. The first-order chi connectivity index (χ1) is 11.1. The molecule has 0 aliphatic carbocycles. The normalized spacial score (nSPS) is 12.9. The van der Waals surface area contributed by atoms with Crippen molar-refractivity contribution in [3.8, 4) is 11.3 Å². The Labute approximate surface area is 139 Å². The lowest BCUT2D eigenvalue weighted by Crippen LogP contribution is -2.30. The molecule has 5 heteroatoms. The van der Waals surface area contributed by atoms with Crippen LogP contribution in [0.1, 0.15) is 19.4 Å². The van der Waals surface area contributed by atoms with Gasteiger partial charge in [0.1, 0.15) is 5.25 Å². The minimum absolute atomic E-state index is 0.101. The number of fused-ring (bicyclic) bond motifs is 1. The topological polar surface area (TPSA) is 52.9 Å². The fourth-order valence-corrected chi connectivity index (χ4v) is 3.25. The molecule has 1 unspecified atom stereocenters. The van der Waals surface area contributed by atoms with E-state index in [1.54, 1.807) is 0 Å². The van der Waals surface area contributed by atoms with E-state index in [-0.39, 0.29) is 5.25 Å². The summed E-state index contributed by atoms with van der Waals surface area (Å²) < 4.78 is 17.0. The third kappa shape index (κ3) is 3.42.